The summed E-state index contributed by atoms with van der Waals surface area (Å²) < 4.78 is 2.06. The van der Waals surface area contributed by atoms with Gasteiger partial charge in [0.15, 0.2) is 0 Å². The SMILES string of the molecule is CCC(CCn1ccc2c(Cl)ncnc21)CN(CC#Cc1ccc(Cl)c(C(N)=O)c1)C(C)=O. The highest BCUT2D eigenvalue weighted by Crippen LogP contribution is 2.22. The molecule has 0 saturated heterocycles. The van der Waals surface area contributed by atoms with Crippen molar-refractivity contribution in [1.82, 2.24) is 19.4 Å². The fraction of sp³-hybridized carbons (Fsp3) is 0.333. The van der Waals surface area contributed by atoms with Gasteiger partial charge in [-0.1, -0.05) is 48.4 Å². The van der Waals surface area contributed by atoms with Crippen molar-refractivity contribution in [3.8, 4) is 11.8 Å². The van der Waals surface area contributed by atoms with Gasteiger partial charge in [-0.15, -0.1) is 0 Å². The molecule has 172 valence electrons. The van der Waals surface area contributed by atoms with Gasteiger partial charge in [-0.25, -0.2) is 9.97 Å². The van der Waals surface area contributed by atoms with Crippen molar-refractivity contribution in [1.29, 1.82) is 0 Å². The Kier molecular flexibility index (Phi) is 8.32. The number of hydrogen-bond donors (Lipinski definition) is 1. The van der Waals surface area contributed by atoms with E-state index in [4.69, 9.17) is 28.9 Å². The van der Waals surface area contributed by atoms with E-state index in [-0.39, 0.29) is 23.0 Å². The van der Waals surface area contributed by atoms with Crippen LogP contribution in [0.2, 0.25) is 10.2 Å². The molecule has 0 fully saturated rings. The first-order valence-corrected chi connectivity index (χ1v) is 11.3. The molecule has 1 aromatic carbocycles. The molecule has 1 atom stereocenters. The highest BCUT2D eigenvalue weighted by molar-refractivity contribution is 6.34. The number of amides is 2. The van der Waals surface area contributed by atoms with E-state index >= 15 is 0 Å². The summed E-state index contributed by atoms with van der Waals surface area (Å²) in [5, 5.41) is 1.55. The second-order valence-electron chi connectivity index (χ2n) is 7.73. The molecule has 7 nitrogen and oxygen atoms in total. The van der Waals surface area contributed by atoms with Crippen LogP contribution in [0.1, 0.15) is 42.6 Å². The number of aryl methyl sites for hydroxylation is 1. The van der Waals surface area contributed by atoms with Crippen LogP contribution in [0, 0.1) is 17.8 Å². The molecule has 0 aliphatic carbocycles. The lowest BCUT2D eigenvalue weighted by Gasteiger charge is -2.24. The van der Waals surface area contributed by atoms with E-state index in [0.29, 0.717) is 23.2 Å². The molecule has 3 rings (SSSR count). The smallest absolute Gasteiger partial charge is 0.250 e. The molecule has 0 spiro atoms. The standard InChI is InChI=1S/C24H25Cl2N5O2/c1-3-17(8-11-30-12-9-19-22(26)28-15-29-24(19)30)14-31(16(2)32)10-4-5-18-6-7-21(25)20(13-18)23(27)33/h6-7,9,12-13,15,17H,3,8,10-11,14H2,1-2H3,(H2,27,33). The van der Waals surface area contributed by atoms with Crippen LogP contribution in [0.25, 0.3) is 11.0 Å². The van der Waals surface area contributed by atoms with E-state index in [0.717, 1.165) is 30.4 Å². The number of carbonyl (C=O) groups excluding carboxylic acids is 2. The van der Waals surface area contributed by atoms with Gasteiger partial charge < -0.3 is 15.2 Å². The molecule has 9 heteroatoms. The van der Waals surface area contributed by atoms with Crippen molar-refractivity contribution in [2.75, 3.05) is 13.1 Å². The fourth-order valence-corrected chi connectivity index (χ4v) is 3.95. The molecule has 0 aliphatic rings. The van der Waals surface area contributed by atoms with E-state index in [1.807, 2.05) is 12.3 Å². The third kappa shape index (κ3) is 6.25. The molecule has 0 saturated carbocycles. The largest absolute Gasteiger partial charge is 0.366 e. The molecule has 33 heavy (non-hydrogen) atoms. The number of halogens is 2. The number of hydrogen-bond acceptors (Lipinski definition) is 4. The summed E-state index contributed by atoms with van der Waals surface area (Å²) >= 11 is 12.1. The Balaban J connectivity index is 1.64. The molecule has 0 radical (unpaired) electrons. The Labute approximate surface area is 202 Å². The predicted molar refractivity (Wildman–Crippen MR) is 130 cm³/mol. The zero-order chi connectivity index (χ0) is 24.0. The molecule has 2 amide bonds. The van der Waals surface area contributed by atoms with Crippen molar-refractivity contribution in [2.45, 2.75) is 33.2 Å². The first-order chi connectivity index (χ1) is 15.8. The van der Waals surface area contributed by atoms with Crippen LogP contribution in [0.15, 0.2) is 36.8 Å². The third-order valence-corrected chi connectivity index (χ3v) is 6.15. The van der Waals surface area contributed by atoms with Crippen molar-refractivity contribution in [3.05, 3.63) is 58.1 Å². The summed E-state index contributed by atoms with van der Waals surface area (Å²) in [5.74, 6) is 5.65. The third-order valence-electron chi connectivity index (χ3n) is 5.52. The maximum absolute atomic E-state index is 12.2. The van der Waals surface area contributed by atoms with Crippen molar-refractivity contribution < 1.29 is 9.59 Å². The molecule has 3 aromatic rings. The molecule has 2 heterocycles. The molecular formula is C24H25Cl2N5O2. The molecule has 0 bridgehead atoms. The fourth-order valence-electron chi connectivity index (χ4n) is 3.54. The molecule has 0 aliphatic heterocycles. The summed E-state index contributed by atoms with van der Waals surface area (Å²) in [6, 6.07) is 6.77. The summed E-state index contributed by atoms with van der Waals surface area (Å²) in [6.45, 7) is 5.30. The zero-order valence-corrected chi connectivity index (χ0v) is 20.0. The lowest BCUT2D eigenvalue weighted by Crippen LogP contribution is -2.34. The summed E-state index contributed by atoms with van der Waals surface area (Å²) in [4.78, 5) is 33.8. The van der Waals surface area contributed by atoms with E-state index in [1.165, 1.54) is 6.33 Å². The number of rotatable bonds is 8. The number of nitrogens with two attached hydrogens (primary N) is 1. The minimum absolute atomic E-state index is 0.0392. The van der Waals surface area contributed by atoms with Gasteiger partial charge in [0.25, 0.3) is 0 Å². The Morgan fingerprint density at radius 3 is 2.73 bits per heavy atom. The molecule has 2 aromatic heterocycles. The van der Waals surface area contributed by atoms with Gasteiger partial charge in [-0.2, -0.15) is 0 Å². The Bertz CT molecular complexity index is 1230. The average Bonchev–Trinajstić information content (AvgIpc) is 3.20. The lowest BCUT2D eigenvalue weighted by atomic mass is 10.0. The number of nitrogens with zero attached hydrogens (tertiary/aromatic N) is 4. The summed E-state index contributed by atoms with van der Waals surface area (Å²) in [5.41, 5.74) is 6.97. The van der Waals surface area contributed by atoms with Crippen LogP contribution in [0.4, 0.5) is 0 Å². The van der Waals surface area contributed by atoms with Gasteiger partial charge in [0.05, 0.1) is 22.5 Å². The maximum atomic E-state index is 12.2. The van der Waals surface area contributed by atoms with E-state index in [2.05, 4.69) is 33.3 Å². The monoisotopic (exact) mass is 485 g/mol. The minimum Gasteiger partial charge on any atom is -0.366 e. The second-order valence-corrected chi connectivity index (χ2v) is 8.50. The van der Waals surface area contributed by atoms with Crippen LogP contribution in [-0.2, 0) is 11.3 Å². The topological polar surface area (TPSA) is 94.1 Å². The Hall–Kier alpha value is -3.08. The van der Waals surface area contributed by atoms with Crippen LogP contribution < -0.4 is 5.73 Å². The first kappa shape index (κ1) is 24.6. The quantitative estimate of drug-likeness (QED) is 0.382. The zero-order valence-electron chi connectivity index (χ0n) is 18.5. The van der Waals surface area contributed by atoms with Crippen molar-refractivity contribution in [2.24, 2.45) is 11.7 Å². The van der Waals surface area contributed by atoms with Gasteiger partial charge in [0, 0.05) is 31.8 Å². The summed E-state index contributed by atoms with van der Waals surface area (Å²) in [7, 11) is 0. The van der Waals surface area contributed by atoms with Crippen LogP contribution >= 0.6 is 23.2 Å². The van der Waals surface area contributed by atoms with E-state index in [1.54, 1.807) is 30.0 Å². The highest BCUT2D eigenvalue weighted by Gasteiger charge is 2.16. The maximum Gasteiger partial charge on any atom is 0.250 e. The average molecular weight is 486 g/mol. The first-order valence-electron chi connectivity index (χ1n) is 10.6. The Morgan fingerprint density at radius 1 is 1.24 bits per heavy atom. The van der Waals surface area contributed by atoms with Gasteiger partial charge in [0.1, 0.15) is 17.1 Å². The number of primary amides is 1. The molecule has 2 N–H and O–H groups in total. The second kappa shape index (κ2) is 11.2. The van der Waals surface area contributed by atoms with Crippen LogP contribution in [0.5, 0.6) is 0 Å². The number of aromatic nitrogens is 3. The van der Waals surface area contributed by atoms with E-state index in [9.17, 15) is 9.59 Å². The lowest BCUT2D eigenvalue weighted by molar-refractivity contribution is -0.128. The van der Waals surface area contributed by atoms with Crippen molar-refractivity contribution >= 4 is 46.0 Å². The number of carbonyl (C=O) groups is 2. The molecule has 1 unspecified atom stereocenters. The summed E-state index contributed by atoms with van der Waals surface area (Å²) in [6.07, 6.45) is 5.21. The van der Waals surface area contributed by atoms with Crippen LogP contribution in [0.3, 0.4) is 0 Å². The van der Waals surface area contributed by atoms with Gasteiger partial charge in [-0.05, 0) is 36.6 Å². The van der Waals surface area contributed by atoms with Gasteiger partial charge in [0.2, 0.25) is 11.8 Å². The van der Waals surface area contributed by atoms with E-state index < -0.39 is 5.91 Å². The number of fused-ring (bicyclic) bond motifs is 1. The van der Waals surface area contributed by atoms with Crippen LogP contribution in [-0.4, -0.2) is 44.3 Å². The predicted octanol–water partition coefficient (Wildman–Crippen LogP) is 4.15. The number of benzene rings is 1. The molecular weight excluding hydrogens is 461 g/mol. The Morgan fingerprint density at radius 2 is 2.03 bits per heavy atom. The van der Waals surface area contributed by atoms with Gasteiger partial charge >= 0.3 is 0 Å². The normalized spacial score (nSPS) is 11.6. The minimum atomic E-state index is -0.607. The highest BCUT2D eigenvalue weighted by atomic mass is 35.5. The van der Waals surface area contributed by atoms with Gasteiger partial charge in [-0.3, -0.25) is 9.59 Å². The van der Waals surface area contributed by atoms with Crippen molar-refractivity contribution in [3.63, 3.8) is 0 Å².